The Balaban J connectivity index is 1.25. The number of likely N-dealkylation sites (tertiary alicyclic amines) is 2. The normalized spacial score (nSPS) is 18.8. The number of aryl methyl sites for hydroxylation is 1. The average molecular weight is 469 g/mol. The van der Waals surface area contributed by atoms with Crippen LogP contribution < -0.4 is 5.32 Å². The minimum Gasteiger partial charge on any atom is -0.355 e. The number of nitrogens with one attached hydrogen (secondary N) is 1. The van der Waals surface area contributed by atoms with Crippen LogP contribution in [0.25, 0.3) is 10.6 Å². The zero-order valence-electron chi connectivity index (χ0n) is 19.9. The number of nitrogens with zero attached hydrogens (tertiary/aromatic N) is 3. The van der Waals surface area contributed by atoms with Gasteiger partial charge in [0.05, 0.1) is 5.69 Å². The van der Waals surface area contributed by atoms with Gasteiger partial charge >= 0.3 is 0 Å². The summed E-state index contributed by atoms with van der Waals surface area (Å²) in [6, 6.07) is 10.0. The van der Waals surface area contributed by atoms with Crippen LogP contribution in [0.2, 0.25) is 0 Å². The van der Waals surface area contributed by atoms with E-state index in [9.17, 15) is 9.59 Å². The Hall–Kier alpha value is -2.25. The van der Waals surface area contributed by atoms with E-state index in [1.807, 2.05) is 49.1 Å². The van der Waals surface area contributed by atoms with Crippen LogP contribution in [0.3, 0.4) is 0 Å². The molecule has 0 bridgehead atoms. The summed E-state index contributed by atoms with van der Waals surface area (Å²) in [6.45, 7) is 9.35. The Bertz CT molecular complexity index is 931. The lowest BCUT2D eigenvalue weighted by Crippen LogP contribution is -2.44. The molecule has 3 heterocycles. The molecule has 2 aliphatic heterocycles. The fourth-order valence-electron chi connectivity index (χ4n) is 4.94. The first-order valence-electron chi connectivity index (χ1n) is 12.3. The third-order valence-corrected chi connectivity index (χ3v) is 8.33. The van der Waals surface area contributed by atoms with Gasteiger partial charge in [0, 0.05) is 37.7 Å². The number of rotatable bonds is 7. The van der Waals surface area contributed by atoms with Crippen molar-refractivity contribution < 1.29 is 9.59 Å². The van der Waals surface area contributed by atoms with Gasteiger partial charge in [0.25, 0.3) is 5.91 Å². The SMILES string of the molecule is Cc1nc(-c2ccccc2)sc1C(=O)N1CCC(C(C)C(=O)NCCN2CCCCC2)CC1. The van der Waals surface area contributed by atoms with Crippen LogP contribution in [-0.4, -0.2) is 65.9 Å². The largest absolute Gasteiger partial charge is 0.355 e. The van der Waals surface area contributed by atoms with Crippen LogP contribution in [0.5, 0.6) is 0 Å². The molecule has 178 valence electrons. The second-order valence-electron chi connectivity index (χ2n) is 9.41. The number of carbonyl (C=O) groups is 2. The second kappa shape index (κ2) is 11.3. The standard InChI is InChI=1S/C26H36N4O2S/c1-19(24(31)27-13-18-29-14-7-4-8-15-29)21-11-16-30(17-12-21)26(32)23-20(2)28-25(33-23)22-9-5-3-6-10-22/h3,5-6,9-10,19,21H,4,7-8,11-18H2,1-2H3,(H,27,31). The van der Waals surface area contributed by atoms with E-state index in [0.29, 0.717) is 19.0 Å². The predicted octanol–water partition coefficient (Wildman–Crippen LogP) is 4.21. The monoisotopic (exact) mass is 468 g/mol. The molecular weight excluding hydrogens is 432 g/mol. The predicted molar refractivity (Wildman–Crippen MR) is 133 cm³/mol. The maximum atomic E-state index is 13.2. The van der Waals surface area contributed by atoms with E-state index < -0.39 is 0 Å². The van der Waals surface area contributed by atoms with E-state index >= 15 is 0 Å². The first-order valence-corrected chi connectivity index (χ1v) is 13.2. The van der Waals surface area contributed by atoms with E-state index in [4.69, 9.17) is 0 Å². The number of amides is 2. The first kappa shape index (κ1) is 23.9. The molecule has 0 saturated carbocycles. The van der Waals surface area contributed by atoms with E-state index in [2.05, 4.69) is 15.2 Å². The molecule has 1 N–H and O–H groups in total. The molecule has 1 atom stereocenters. The van der Waals surface area contributed by atoms with Gasteiger partial charge in [0.2, 0.25) is 5.91 Å². The fraction of sp³-hybridized carbons (Fsp3) is 0.577. The van der Waals surface area contributed by atoms with Crippen LogP contribution >= 0.6 is 11.3 Å². The van der Waals surface area contributed by atoms with Crippen molar-refractivity contribution in [3.05, 3.63) is 40.9 Å². The molecule has 0 radical (unpaired) electrons. The molecule has 7 heteroatoms. The molecule has 0 spiro atoms. The van der Waals surface area contributed by atoms with Gasteiger partial charge in [0.15, 0.2) is 0 Å². The van der Waals surface area contributed by atoms with Gasteiger partial charge in [-0.25, -0.2) is 4.98 Å². The maximum absolute atomic E-state index is 13.2. The third-order valence-electron chi connectivity index (χ3n) is 7.14. The lowest BCUT2D eigenvalue weighted by atomic mass is 9.85. The number of piperidine rings is 2. The molecule has 4 rings (SSSR count). The minimum atomic E-state index is -0.0153. The molecule has 1 aromatic heterocycles. The van der Waals surface area contributed by atoms with Crippen molar-refractivity contribution in [2.75, 3.05) is 39.3 Å². The Labute approximate surface area is 201 Å². The molecule has 2 saturated heterocycles. The van der Waals surface area contributed by atoms with Crippen LogP contribution in [-0.2, 0) is 4.79 Å². The van der Waals surface area contributed by atoms with Gasteiger partial charge in [-0.1, -0.05) is 43.7 Å². The quantitative estimate of drug-likeness (QED) is 0.661. The Kier molecular flexibility index (Phi) is 8.15. The van der Waals surface area contributed by atoms with Crippen molar-refractivity contribution >= 4 is 23.2 Å². The number of thiazole rings is 1. The highest BCUT2D eigenvalue weighted by atomic mass is 32.1. The molecule has 6 nitrogen and oxygen atoms in total. The van der Waals surface area contributed by atoms with E-state index in [1.54, 1.807) is 0 Å². The summed E-state index contributed by atoms with van der Waals surface area (Å²) in [5, 5.41) is 4.03. The van der Waals surface area contributed by atoms with Crippen LogP contribution in [0, 0.1) is 18.8 Å². The zero-order valence-corrected chi connectivity index (χ0v) is 20.7. The number of carbonyl (C=O) groups excluding carboxylic acids is 2. The van der Waals surface area contributed by atoms with Crippen molar-refractivity contribution in [3.63, 3.8) is 0 Å². The Morgan fingerprint density at radius 1 is 1.09 bits per heavy atom. The lowest BCUT2D eigenvalue weighted by Gasteiger charge is -2.34. The molecule has 2 amide bonds. The Morgan fingerprint density at radius 2 is 1.79 bits per heavy atom. The van der Waals surface area contributed by atoms with Gasteiger partial charge in [0.1, 0.15) is 9.88 Å². The molecule has 0 aliphatic carbocycles. The van der Waals surface area contributed by atoms with Crippen molar-refractivity contribution in [2.24, 2.45) is 11.8 Å². The van der Waals surface area contributed by atoms with Gasteiger partial charge in [-0.2, -0.15) is 0 Å². The van der Waals surface area contributed by atoms with E-state index in [0.717, 1.165) is 60.2 Å². The molecule has 1 aromatic carbocycles. The van der Waals surface area contributed by atoms with E-state index in [-0.39, 0.29) is 17.7 Å². The number of hydrogen-bond donors (Lipinski definition) is 1. The number of benzene rings is 1. The average Bonchev–Trinajstić information content (AvgIpc) is 3.26. The highest BCUT2D eigenvalue weighted by Crippen LogP contribution is 2.31. The zero-order chi connectivity index (χ0) is 23.2. The highest BCUT2D eigenvalue weighted by Gasteiger charge is 2.31. The smallest absolute Gasteiger partial charge is 0.265 e. The molecule has 2 aliphatic rings. The van der Waals surface area contributed by atoms with Crippen LogP contribution in [0.4, 0.5) is 0 Å². The topological polar surface area (TPSA) is 65.5 Å². The van der Waals surface area contributed by atoms with Crippen LogP contribution in [0.15, 0.2) is 30.3 Å². The summed E-state index contributed by atoms with van der Waals surface area (Å²) >= 11 is 1.48. The van der Waals surface area contributed by atoms with Gasteiger partial charge in [-0.05, 0) is 51.6 Å². The van der Waals surface area contributed by atoms with E-state index in [1.165, 1.54) is 30.6 Å². The molecule has 2 aromatic rings. The minimum absolute atomic E-state index is 0.0153. The lowest BCUT2D eigenvalue weighted by molar-refractivity contribution is -0.126. The summed E-state index contributed by atoms with van der Waals surface area (Å²) < 4.78 is 0. The van der Waals surface area contributed by atoms with Crippen molar-refractivity contribution in [3.8, 4) is 10.6 Å². The van der Waals surface area contributed by atoms with Gasteiger partial charge in [-0.15, -0.1) is 11.3 Å². The maximum Gasteiger partial charge on any atom is 0.265 e. The fourth-order valence-corrected chi connectivity index (χ4v) is 5.98. The molecular formula is C26H36N4O2S. The first-order chi connectivity index (χ1) is 16.0. The second-order valence-corrected chi connectivity index (χ2v) is 10.4. The van der Waals surface area contributed by atoms with Crippen LogP contribution in [0.1, 0.15) is 54.4 Å². The Morgan fingerprint density at radius 3 is 2.48 bits per heavy atom. The van der Waals surface area contributed by atoms with Gasteiger partial charge < -0.3 is 15.1 Å². The number of aromatic nitrogens is 1. The molecule has 2 fully saturated rings. The third kappa shape index (κ3) is 6.01. The summed E-state index contributed by atoms with van der Waals surface area (Å²) in [5.74, 6) is 0.539. The summed E-state index contributed by atoms with van der Waals surface area (Å²) in [7, 11) is 0. The van der Waals surface area contributed by atoms with Crippen molar-refractivity contribution in [1.82, 2.24) is 20.1 Å². The summed E-state index contributed by atoms with van der Waals surface area (Å²) in [5.41, 5.74) is 1.84. The summed E-state index contributed by atoms with van der Waals surface area (Å²) in [6.07, 6.45) is 5.62. The number of hydrogen-bond acceptors (Lipinski definition) is 5. The summed E-state index contributed by atoms with van der Waals surface area (Å²) in [4.78, 5) is 35.6. The molecule has 33 heavy (non-hydrogen) atoms. The molecule has 1 unspecified atom stereocenters. The van der Waals surface area contributed by atoms with Crippen molar-refractivity contribution in [2.45, 2.75) is 46.0 Å². The van der Waals surface area contributed by atoms with Crippen molar-refractivity contribution in [1.29, 1.82) is 0 Å². The van der Waals surface area contributed by atoms with Gasteiger partial charge in [-0.3, -0.25) is 9.59 Å². The highest BCUT2D eigenvalue weighted by molar-refractivity contribution is 7.17.